The summed E-state index contributed by atoms with van der Waals surface area (Å²) in [5, 5.41) is 2.90. The van der Waals surface area contributed by atoms with Crippen molar-refractivity contribution in [2.75, 3.05) is 44.7 Å². The van der Waals surface area contributed by atoms with Crippen molar-refractivity contribution in [1.29, 1.82) is 0 Å². The van der Waals surface area contributed by atoms with E-state index < -0.39 is 0 Å². The summed E-state index contributed by atoms with van der Waals surface area (Å²) in [5.74, 6) is 2.43. The maximum atomic E-state index is 12.2. The second-order valence-electron chi connectivity index (χ2n) is 8.51. The minimum atomic E-state index is 0.0172. The monoisotopic (exact) mass is 423 g/mol. The van der Waals surface area contributed by atoms with Crippen LogP contribution in [0.3, 0.4) is 0 Å². The molecule has 1 aliphatic carbocycles. The molecule has 0 spiro atoms. The fourth-order valence-corrected chi connectivity index (χ4v) is 4.17. The lowest BCUT2D eigenvalue weighted by atomic mass is 10.0. The molecule has 2 amide bonds. The Hall–Kier alpha value is -2.67. The van der Waals surface area contributed by atoms with Crippen molar-refractivity contribution in [2.45, 2.75) is 45.6 Å². The molecular formula is C24H33N5O2. The highest BCUT2D eigenvalue weighted by Gasteiger charge is 2.31. The van der Waals surface area contributed by atoms with E-state index in [9.17, 15) is 4.79 Å². The van der Waals surface area contributed by atoms with Gasteiger partial charge < -0.3 is 19.9 Å². The van der Waals surface area contributed by atoms with E-state index in [1.807, 2.05) is 11.8 Å². The molecule has 7 nitrogen and oxygen atoms in total. The van der Waals surface area contributed by atoms with Gasteiger partial charge in [-0.3, -0.25) is 0 Å². The van der Waals surface area contributed by atoms with Crippen molar-refractivity contribution in [1.82, 2.24) is 20.2 Å². The molecule has 166 valence electrons. The number of anilines is 1. The summed E-state index contributed by atoms with van der Waals surface area (Å²) in [4.78, 5) is 26.4. The Morgan fingerprint density at radius 2 is 1.97 bits per heavy atom. The first kappa shape index (κ1) is 21.6. The van der Waals surface area contributed by atoms with Crippen molar-refractivity contribution >= 4 is 11.8 Å². The smallest absolute Gasteiger partial charge is 0.317 e. The van der Waals surface area contributed by atoms with E-state index in [4.69, 9.17) is 14.7 Å². The van der Waals surface area contributed by atoms with Crippen molar-refractivity contribution in [3.63, 3.8) is 0 Å². The average Bonchev–Trinajstić information content (AvgIpc) is 3.61. The first-order valence-electron chi connectivity index (χ1n) is 11.3. The van der Waals surface area contributed by atoms with Crippen LogP contribution in [0.1, 0.15) is 53.9 Å². The molecular weight excluding hydrogens is 390 g/mol. The highest BCUT2D eigenvalue weighted by molar-refractivity contribution is 5.74. The molecule has 1 aromatic carbocycles. The van der Waals surface area contributed by atoms with Gasteiger partial charge in [0.25, 0.3) is 0 Å². The molecule has 0 radical (unpaired) electrons. The van der Waals surface area contributed by atoms with Crippen LogP contribution in [0.5, 0.6) is 0 Å². The lowest BCUT2D eigenvalue weighted by Crippen LogP contribution is -2.52. The molecule has 2 aliphatic rings. The van der Waals surface area contributed by atoms with Crippen LogP contribution in [0, 0.1) is 6.92 Å². The number of carbonyl (C=O) groups excluding carboxylic acids is 1. The van der Waals surface area contributed by atoms with Crippen LogP contribution < -0.4 is 10.2 Å². The quantitative estimate of drug-likeness (QED) is 0.740. The summed E-state index contributed by atoms with van der Waals surface area (Å²) < 4.78 is 5.53. The number of ether oxygens (including phenoxy) is 1. The second kappa shape index (κ2) is 9.64. The third-order valence-electron chi connectivity index (χ3n) is 5.97. The Morgan fingerprint density at radius 3 is 2.61 bits per heavy atom. The van der Waals surface area contributed by atoms with Gasteiger partial charge in [0.15, 0.2) is 0 Å². The van der Waals surface area contributed by atoms with Gasteiger partial charge in [0.2, 0.25) is 0 Å². The van der Waals surface area contributed by atoms with Gasteiger partial charge in [-0.2, -0.15) is 0 Å². The number of nitrogens with zero attached hydrogens (tertiary/aromatic N) is 4. The molecule has 2 fully saturated rings. The number of aryl methyl sites for hydroxylation is 1. The highest BCUT2D eigenvalue weighted by atomic mass is 16.5. The van der Waals surface area contributed by atoms with Gasteiger partial charge >= 0.3 is 6.03 Å². The molecule has 7 heteroatoms. The third kappa shape index (κ3) is 5.15. The number of methoxy groups -OCH3 is 1. The first-order chi connectivity index (χ1) is 15.1. The number of amides is 2. The zero-order chi connectivity index (χ0) is 21.8. The van der Waals surface area contributed by atoms with E-state index in [2.05, 4.69) is 41.4 Å². The van der Waals surface area contributed by atoms with Crippen molar-refractivity contribution in [3.05, 3.63) is 52.5 Å². The number of benzene rings is 1. The highest BCUT2D eigenvalue weighted by Crippen LogP contribution is 2.40. The van der Waals surface area contributed by atoms with Gasteiger partial charge in [-0.25, -0.2) is 14.8 Å². The number of urea groups is 1. The molecule has 1 aliphatic heterocycles. The maximum Gasteiger partial charge on any atom is 0.317 e. The summed E-state index contributed by atoms with van der Waals surface area (Å²) in [7, 11) is 1.72. The van der Waals surface area contributed by atoms with Crippen LogP contribution >= 0.6 is 0 Å². The zero-order valence-corrected chi connectivity index (χ0v) is 18.9. The Bertz CT molecular complexity index is 920. The Kier molecular flexibility index (Phi) is 6.70. The number of nitrogens with one attached hydrogen (secondary N) is 1. The average molecular weight is 424 g/mol. The van der Waals surface area contributed by atoms with Crippen molar-refractivity contribution in [2.24, 2.45) is 0 Å². The van der Waals surface area contributed by atoms with E-state index in [0.29, 0.717) is 32.2 Å². The SMILES string of the molecule is CCNC(=O)N1CCN(c2nc(C3CC3)nc(COC)c2Cc2cccc(C)c2)CC1. The predicted molar refractivity (Wildman–Crippen MR) is 122 cm³/mol. The third-order valence-corrected chi connectivity index (χ3v) is 5.97. The standard InChI is InChI=1S/C24H33N5O2/c1-4-25-24(30)29-12-10-28(11-13-29)23-20(15-18-7-5-6-17(2)14-18)21(16-31-3)26-22(27-23)19-8-9-19/h5-7,14,19H,4,8-13,15-16H2,1-3H3,(H,25,30). The van der Waals surface area contributed by atoms with Crippen LogP contribution in [0.4, 0.5) is 10.6 Å². The predicted octanol–water partition coefficient (Wildman–Crippen LogP) is 3.25. The summed E-state index contributed by atoms with van der Waals surface area (Å²) in [6.45, 7) is 8.12. The molecule has 0 bridgehead atoms. The van der Waals surface area contributed by atoms with Crippen molar-refractivity contribution < 1.29 is 9.53 Å². The minimum absolute atomic E-state index is 0.0172. The van der Waals surface area contributed by atoms with E-state index in [1.54, 1.807) is 7.11 Å². The van der Waals surface area contributed by atoms with E-state index in [0.717, 1.165) is 55.3 Å². The molecule has 1 N–H and O–H groups in total. The van der Waals surface area contributed by atoms with Gasteiger partial charge in [-0.1, -0.05) is 29.8 Å². The van der Waals surface area contributed by atoms with Gasteiger partial charge in [-0.15, -0.1) is 0 Å². The van der Waals surface area contributed by atoms with Gasteiger partial charge in [0, 0.05) is 57.7 Å². The molecule has 1 saturated carbocycles. The summed E-state index contributed by atoms with van der Waals surface area (Å²) in [6, 6.07) is 8.62. The van der Waals surface area contributed by atoms with E-state index >= 15 is 0 Å². The Balaban J connectivity index is 1.65. The van der Waals surface area contributed by atoms with Gasteiger partial charge in [0.1, 0.15) is 11.6 Å². The Labute approximate surface area is 184 Å². The van der Waals surface area contributed by atoms with Crippen LogP contribution in [0.2, 0.25) is 0 Å². The molecule has 0 unspecified atom stereocenters. The van der Waals surface area contributed by atoms with Crippen molar-refractivity contribution in [3.8, 4) is 0 Å². The fourth-order valence-electron chi connectivity index (χ4n) is 4.17. The normalized spacial score (nSPS) is 16.5. The van der Waals surface area contributed by atoms with E-state index in [1.165, 1.54) is 11.1 Å². The lowest BCUT2D eigenvalue weighted by Gasteiger charge is -2.36. The number of hydrogen-bond acceptors (Lipinski definition) is 5. The number of carbonyl (C=O) groups is 1. The van der Waals surface area contributed by atoms with E-state index in [-0.39, 0.29) is 6.03 Å². The molecule has 1 aromatic heterocycles. The molecule has 2 aromatic rings. The van der Waals surface area contributed by atoms with Crippen LogP contribution in [-0.2, 0) is 17.8 Å². The summed E-state index contributed by atoms with van der Waals surface area (Å²) in [6.07, 6.45) is 3.10. The molecule has 1 saturated heterocycles. The number of hydrogen-bond donors (Lipinski definition) is 1. The molecule has 2 heterocycles. The first-order valence-corrected chi connectivity index (χ1v) is 11.3. The van der Waals surface area contributed by atoms with Crippen LogP contribution in [0.15, 0.2) is 24.3 Å². The lowest BCUT2D eigenvalue weighted by molar-refractivity contribution is 0.180. The Morgan fingerprint density at radius 1 is 1.19 bits per heavy atom. The minimum Gasteiger partial charge on any atom is -0.378 e. The summed E-state index contributed by atoms with van der Waals surface area (Å²) in [5.41, 5.74) is 4.63. The largest absolute Gasteiger partial charge is 0.378 e. The number of aromatic nitrogens is 2. The fraction of sp³-hybridized carbons (Fsp3) is 0.542. The molecule has 0 atom stereocenters. The van der Waals surface area contributed by atoms with Crippen LogP contribution in [-0.4, -0.2) is 60.7 Å². The molecule has 31 heavy (non-hydrogen) atoms. The zero-order valence-electron chi connectivity index (χ0n) is 18.9. The maximum absolute atomic E-state index is 12.2. The van der Waals surface area contributed by atoms with Gasteiger partial charge in [-0.05, 0) is 32.3 Å². The summed E-state index contributed by atoms with van der Waals surface area (Å²) >= 11 is 0. The second-order valence-corrected chi connectivity index (χ2v) is 8.51. The topological polar surface area (TPSA) is 70.6 Å². The van der Waals surface area contributed by atoms with Crippen LogP contribution in [0.25, 0.3) is 0 Å². The number of rotatable bonds is 7. The number of piperazine rings is 1. The molecule has 4 rings (SSSR count). The van der Waals surface area contributed by atoms with Gasteiger partial charge in [0.05, 0.1) is 12.3 Å².